The normalized spacial score (nSPS) is 14.5. The van der Waals surface area contributed by atoms with Gasteiger partial charge in [0.1, 0.15) is 23.9 Å². The first-order valence-corrected chi connectivity index (χ1v) is 12.6. The highest BCUT2D eigenvalue weighted by Gasteiger charge is 2.35. The lowest BCUT2D eigenvalue weighted by Gasteiger charge is -2.17. The Morgan fingerprint density at radius 3 is 2.34 bits per heavy atom. The van der Waals surface area contributed by atoms with E-state index in [1.54, 1.807) is 6.07 Å². The minimum Gasteiger partial charge on any atom is -0.491 e. The Hall–Kier alpha value is -4.31. The Kier molecular flexibility index (Phi) is 7.72. The van der Waals surface area contributed by atoms with Crippen molar-refractivity contribution in [3.05, 3.63) is 81.5 Å². The van der Waals surface area contributed by atoms with E-state index in [0.29, 0.717) is 0 Å². The van der Waals surface area contributed by atoms with Crippen LogP contribution in [0, 0.1) is 6.92 Å². The lowest BCUT2D eigenvalue weighted by Crippen LogP contribution is -2.32. The second-order valence-corrected chi connectivity index (χ2v) is 9.98. The summed E-state index contributed by atoms with van der Waals surface area (Å²) in [5.74, 6) is -1.58. The number of aromatic carboxylic acids is 2. The van der Waals surface area contributed by atoms with Crippen LogP contribution in [0.1, 0.15) is 57.4 Å². The molecule has 38 heavy (non-hydrogen) atoms. The number of benzene rings is 2. The number of carboxylic acid groups (broad SMARTS) is 2. The summed E-state index contributed by atoms with van der Waals surface area (Å²) in [5, 5.41) is 18.2. The van der Waals surface area contributed by atoms with Crippen molar-refractivity contribution in [1.29, 1.82) is 0 Å². The van der Waals surface area contributed by atoms with Crippen molar-refractivity contribution in [2.45, 2.75) is 26.7 Å². The summed E-state index contributed by atoms with van der Waals surface area (Å²) in [7, 11) is 0. The molecule has 2 N–H and O–H groups in total. The first-order valence-electron chi connectivity index (χ1n) is 11.7. The molecule has 9 nitrogen and oxygen atoms in total. The van der Waals surface area contributed by atoms with Gasteiger partial charge in [-0.15, -0.1) is 0 Å². The average molecular weight is 536 g/mol. The number of carbonyl (C=O) groups is 4. The Morgan fingerprint density at radius 2 is 1.71 bits per heavy atom. The van der Waals surface area contributed by atoms with Gasteiger partial charge < -0.3 is 19.4 Å². The number of aryl methyl sites for hydroxylation is 1. The number of hydrogen-bond donors (Lipinski definition) is 2. The minimum absolute atomic E-state index is 0.0802. The monoisotopic (exact) mass is 535 g/mol. The van der Waals surface area contributed by atoms with Gasteiger partial charge in [0.15, 0.2) is 0 Å². The fourth-order valence-electron chi connectivity index (χ4n) is 3.91. The van der Waals surface area contributed by atoms with Crippen LogP contribution < -0.4 is 4.74 Å². The van der Waals surface area contributed by atoms with E-state index < -0.39 is 23.1 Å². The number of amides is 2. The standard InChI is InChI=1S/C28H25NO8S/c1-15(2)21-6-4-16(3)10-23(21)36-9-8-29-25(30)24(38-28(29)35)14-20-5-7-22(37-20)17-11-18(26(31)32)13-19(12-17)27(33)34/h4-7,10-15H,8-9H2,1-3H3,(H,31,32)(H,33,34)/b24-14-. The molecule has 1 aliphatic rings. The van der Waals surface area contributed by atoms with Gasteiger partial charge >= 0.3 is 11.9 Å². The third kappa shape index (κ3) is 5.81. The van der Waals surface area contributed by atoms with Crippen molar-refractivity contribution in [1.82, 2.24) is 4.90 Å². The molecule has 196 valence electrons. The van der Waals surface area contributed by atoms with Gasteiger partial charge in [0.05, 0.1) is 22.6 Å². The number of ether oxygens (including phenoxy) is 1. The van der Waals surface area contributed by atoms with Crippen molar-refractivity contribution in [3.8, 4) is 17.1 Å². The van der Waals surface area contributed by atoms with Crippen LogP contribution in [0.5, 0.6) is 5.75 Å². The molecule has 3 aromatic rings. The van der Waals surface area contributed by atoms with Gasteiger partial charge in [0.25, 0.3) is 11.1 Å². The summed E-state index contributed by atoms with van der Waals surface area (Å²) < 4.78 is 11.6. The summed E-state index contributed by atoms with van der Waals surface area (Å²) in [6, 6.07) is 12.7. The number of nitrogens with zero attached hydrogens (tertiary/aromatic N) is 1. The molecule has 2 amide bonds. The summed E-state index contributed by atoms with van der Waals surface area (Å²) >= 11 is 0.779. The maximum Gasteiger partial charge on any atom is 0.335 e. The fourth-order valence-corrected chi connectivity index (χ4v) is 4.76. The van der Waals surface area contributed by atoms with E-state index >= 15 is 0 Å². The van der Waals surface area contributed by atoms with Crippen LogP contribution in [-0.2, 0) is 4.79 Å². The van der Waals surface area contributed by atoms with E-state index in [1.165, 1.54) is 24.3 Å². The maximum atomic E-state index is 12.9. The highest BCUT2D eigenvalue weighted by molar-refractivity contribution is 8.18. The molecule has 1 saturated heterocycles. The molecule has 0 atom stereocenters. The van der Waals surface area contributed by atoms with Crippen molar-refractivity contribution in [3.63, 3.8) is 0 Å². The second kappa shape index (κ2) is 11.0. The van der Waals surface area contributed by atoms with Gasteiger partial charge in [0.2, 0.25) is 0 Å². The zero-order valence-corrected chi connectivity index (χ0v) is 21.7. The number of hydrogen-bond acceptors (Lipinski definition) is 7. The lowest BCUT2D eigenvalue weighted by molar-refractivity contribution is -0.123. The van der Waals surface area contributed by atoms with Gasteiger partial charge in [-0.25, -0.2) is 9.59 Å². The van der Waals surface area contributed by atoms with Gasteiger partial charge in [-0.3, -0.25) is 14.5 Å². The molecule has 1 fully saturated rings. The van der Waals surface area contributed by atoms with E-state index in [9.17, 15) is 29.4 Å². The van der Waals surface area contributed by atoms with E-state index in [4.69, 9.17) is 9.15 Å². The van der Waals surface area contributed by atoms with Crippen molar-refractivity contribution >= 4 is 40.9 Å². The number of imide groups is 1. The predicted molar refractivity (Wildman–Crippen MR) is 142 cm³/mol. The Balaban J connectivity index is 1.47. The zero-order valence-electron chi connectivity index (χ0n) is 20.9. The fraction of sp³-hybridized carbons (Fsp3) is 0.214. The Bertz CT molecular complexity index is 1440. The summed E-state index contributed by atoms with van der Waals surface area (Å²) in [6.07, 6.45) is 1.42. The SMILES string of the molecule is Cc1ccc(C(C)C)c(OCCN2C(=O)S/C(=C\c3ccc(-c4cc(C(=O)O)cc(C(=O)O)c4)o3)C2=O)c1. The zero-order chi connectivity index (χ0) is 27.6. The molecular weight excluding hydrogens is 510 g/mol. The molecule has 0 saturated carbocycles. The van der Waals surface area contributed by atoms with Crippen molar-refractivity contribution < 1.29 is 38.5 Å². The van der Waals surface area contributed by atoms with Gasteiger partial charge in [0, 0.05) is 11.6 Å². The lowest BCUT2D eigenvalue weighted by atomic mass is 10.0. The molecule has 4 rings (SSSR count). The first kappa shape index (κ1) is 26.7. The third-order valence-corrected chi connectivity index (χ3v) is 6.76. The van der Waals surface area contributed by atoms with Crippen LogP contribution in [0.15, 0.2) is 57.9 Å². The number of carbonyl (C=O) groups excluding carboxylic acids is 2. The number of thioether (sulfide) groups is 1. The number of carboxylic acids is 2. The van der Waals surface area contributed by atoms with Crippen molar-refractivity contribution in [2.75, 3.05) is 13.2 Å². The summed E-state index contributed by atoms with van der Waals surface area (Å²) in [6.45, 7) is 6.31. The largest absolute Gasteiger partial charge is 0.491 e. The molecule has 0 bridgehead atoms. The second-order valence-electron chi connectivity index (χ2n) is 8.99. The summed E-state index contributed by atoms with van der Waals surface area (Å²) in [4.78, 5) is 49.5. The number of furan rings is 1. The highest BCUT2D eigenvalue weighted by atomic mass is 32.2. The molecule has 2 heterocycles. The first-order chi connectivity index (χ1) is 18.0. The maximum absolute atomic E-state index is 12.9. The van der Waals surface area contributed by atoms with E-state index in [0.717, 1.165) is 39.6 Å². The molecular formula is C28H25NO8S. The topological polar surface area (TPSA) is 134 Å². The van der Waals surface area contributed by atoms with Crippen LogP contribution in [0.4, 0.5) is 4.79 Å². The summed E-state index contributed by atoms with van der Waals surface area (Å²) in [5.41, 5.74) is 1.94. The molecule has 0 spiro atoms. The predicted octanol–water partition coefficient (Wildman–Crippen LogP) is 5.89. The van der Waals surface area contributed by atoms with Gasteiger partial charge in [-0.2, -0.15) is 0 Å². The van der Waals surface area contributed by atoms with Crippen LogP contribution >= 0.6 is 11.8 Å². The molecule has 2 aromatic carbocycles. The highest BCUT2D eigenvalue weighted by Crippen LogP contribution is 2.34. The van der Waals surface area contributed by atoms with Crippen LogP contribution in [0.3, 0.4) is 0 Å². The molecule has 1 aliphatic heterocycles. The minimum atomic E-state index is -1.28. The van der Waals surface area contributed by atoms with Gasteiger partial charge in [-0.1, -0.05) is 26.0 Å². The quantitative estimate of drug-likeness (QED) is 0.322. The Labute approximate surface area is 222 Å². The third-order valence-electron chi connectivity index (χ3n) is 5.85. The molecule has 0 radical (unpaired) electrons. The molecule has 0 unspecified atom stereocenters. The number of rotatable bonds is 9. The Morgan fingerprint density at radius 1 is 1.03 bits per heavy atom. The van der Waals surface area contributed by atoms with E-state index in [2.05, 4.69) is 13.8 Å². The van der Waals surface area contributed by atoms with E-state index in [1.807, 2.05) is 25.1 Å². The molecule has 10 heteroatoms. The van der Waals surface area contributed by atoms with Crippen LogP contribution in [0.25, 0.3) is 17.4 Å². The van der Waals surface area contributed by atoms with Crippen LogP contribution in [0.2, 0.25) is 0 Å². The van der Waals surface area contributed by atoms with E-state index in [-0.39, 0.29) is 52.2 Å². The average Bonchev–Trinajstić information content (AvgIpc) is 3.43. The smallest absolute Gasteiger partial charge is 0.335 e. The van der Waals surface area contributed by atoms with Crippen molar-refractivity contribution in [2.24, 2.45) is 0 Å². The van der Waals surface area contributed by atoms with Gasteiger partial charge in [-0.05, 0) is 72.1 Å². The molecule has 1 aromatic heterocycles. The van der Waals surface area contributed by atoms with Crippen LogP contribution in [-0.4, -0.2) is 51.3 Å². The molecule has 0 aliphatic carbocycles.